The lowest BCUT2D eigenvalue weighted by Gasteiger charge is -2.17. The first-order valence-electron chi connectivity index (χ1n) is 6.13. The molecule has 0 fully saturated rings. The Bertz CT molecular complexity index is 183. The minimum atomic E-state index is -0.194. The summed E-state index contributed by atoms with van der Waals surface area (Å²) in [6.45, 7) is 9.60. The van der Waals surface area contributed by atoms with Gasteiger partial charge in [-0.2, -0.15) is 0 Å². The van der Waals surface area contributed by atoms with Crippen molar-refractivity contribution in [3.05, 3.63) is 0 Å². The summed E-state index contributed by atoms with van der Waals surface area (Å²) in [6, 6.07) is -0.194. The van der Waals surface area contributed by atoms with E-state index in [2.05, 4.69) is 12.2 Å². The van der Waals surface area contributed by atoms with Crippen molar-refractivity contribution in [3.8, 4) is 0 Å². The number of nitrogens with one attached hydrogen (secondary N) is 1. The summed E-state index contributed by atoms with van der Waals surface area (Å²) in [4.78, 5) is 11.5. The van der Waals surface area contributed by atoms with E-state index in [0.29, 0.717) is 19.8 Å². The third-order valence-electron chi connectivity index (χ3n) is 2.09. The number of hydrogen-bond acceptors (Lipinski definition) is 4. The Morgan fingerprint density at radius 1 is 1.31 bits per heavy atom. The molecule has 0 aromatic heterocycles. The predicted molar refractivity (Wildman–Crippen MR) is 64.4 cm³/mol. The number of carbonyl (C=O) groups is 1. The molecule has 0 aliphatic rings. The van der Waals surface area contributed by atoms with Gasteiger partial charge in [0.05, 0.1) is 19.3 Å². The van der Waals surface area contributed by atoms with Crippen LogP contribution in [-0.4, -0.2) is 37.9 Å². The molecular formula is C12H25NO3. The Labute approximate surface area is 98.7 Å². The molecule has 16 heavy (non-hydrogen) atoms. The molecule has 0 saturated carbocycles. The van der Waals surface area contributed by atoms with E-state index in [1.54, 1.807) is 0 Å². The second-order valence-corrected chi connectivity index (χ2v) is 3.97. The molecule has 4 nitrogen and oxygen atoms in total. The molecule has 0 aromatic rings. The maximum Gasteiger partial charge on any atom is 0.323 e. The van der Waals surface area contributed by atoms with Crippen LogP contribution in [0.5, 0.6) is 0 Å². The van der Waals surface area contributed by atoms with E-state index in [0.717, 1.165) is 12.8 Å². The van der Waals surface area contributed by atoms with E-state index in [1.165, 1.54) is 0 Å². The Morgan fingerprint density at radius 2 is 2.00 bits per heavy atom. The highest BCUT2D eigenvalue weighted by molar-refractivity contribution is 5.75. The van der Waals surface area contributed by atoms with Gasteiger partial charge in [-0.1, -0.05) is 13.3 Å². The zero-order valence-electron chi connectivity index (χ0n) is 10.9. The number of carbonyl (C=O) groups excluding carboxylic acids is 1. The summed E-state index contributed by atoms with van der Waals surface area (Å²) in [5.41, 5.74) is 0. The van der Waals surface area contributed by atoms with Crippen molar-refractivity contribution in [3.63, 3.8) is 0 Å². The first-order chi connectivity index (χ1) is 7.61. The molecule has 1 atom stereocenters. The Hall–Kier alpha value is -0.610. The highest BCUT2D eigenvalue weighted by atomic mass is 16.5. The molecule has 0 saturated heterocycles. The normalized spacial score (nSPS) is 12.8. The largest absolute Gasteiger partial charge is 0.465 e. The monoisotopic (exact) mass is 231 g/mol. The quantitative estimate of drug-likeness (QED) is 0.485. The molecule has 1 N–H and O–H groups in total. The van der Waals surface area contributed by atoms with Gasteiger partial charge < -0.3 is 14.8 Å². The fourth-order valence-electron chi connectivity index (χ4n) is 1.36. The average Bonchev–Trinajstić information content (AvgIpc) is 2.22. The van der Waals surface area contributed by atoms with Crippen LogP contribution in [0.4, 0.5) is 0 Å². The van der Waals surface area contributed by atoms with Crippen molar-refractivity contribution in [1.29, 1.82) is 0 Å². The summed E-state index contributed by atoms with van der Waals surface area (Å²) in [6.07, 6.45) is 2.00. The van der Waals surface area contributed by atoms with Crippen LogP contribution < -0.4 is 5.32 Å². The van der Waals surface area contributed by atoms with E-state index in [1.807, 2.05) is 20.8 Å². The van der Waals surface area contributed by atoms with Crippen LogP contribution in [0.3, 0.4) is 0 Å². The van der Waals surface area contributed by atoms with E-state index < -0.39 is 0 Å². The predicted octanol–water partition coefficient (Wildman–Crippen LogP) is 1.73. The van der Waals surface area contributed by atoms with Gasteiger partial charge in [0.15, 0.2) is 0 Å². The lowest BCUT2D eigenvalue weighted by Crippen LogP contribution is -2.40. The lowest BCUT2D eigenvalue weighted by molar-refractivity contribution is -0.145. The van der Waals surface area contributed by atoms with Gasteiger partial charge in [-0.25, -0.2) is 0 Å². The first-order valence-corrected chi connectivity index (χ1v) is 6.13. The van der Waals surface area contributed by atoms with Gasteiger partial charge in [-0.15, -0.1) is 0 Å². The SMILES string of the molecule is CCCC(NCCOC(C)C)C(=O)OCC. The molecule has 0 spiro atoms. The van der Waals surface area contributed by atoms with Gasteiger partial charge in [0.25, 0.3) is 0 Å². The van der Waals surface area contributed by atoms with Gasteiger partial charge in [-0.3, -0.25) is 4.79 Å². The smallest absolute Gasteiger partial charge is 0.323 e. The molecule has 0 aliphatic heterocycles. The van der Waals surface area contributed by atoms with Crippen LogP contribution in [0.2, 0.25) is 0 Å². The third-order valence-corrected chi connectivity index (χ3v) is 2.09. The number of hydrogen-bond donors (Lipinski definition) is 1. The van der Waals surface area contributed by atoms with Crippen molar-refractivity contribution in [2.24, 2.45) is 0 Å². The zero-order chi connectivity index (χ0) is 12.4. The summed E-state index contributed by atoms with van der Waals surface area (Å²) < 4.78 is 10.4. The number of ether oxygens (including phenoxy) is 2. The van der Waals surface area contributed by atoms with Crippen LogP contribution in [0.1, 0.15) is 40.5 Å². The first kappa shape index (κ1) is 15.4. The molecule has 0 rings (SSSR count). The molecule has 0 heterocycles. The number of esters is 1. The van der Waals surface area contributed by atoms with Crippen molar-refractivity contribution in [1.82, 2.24) is 5.32 Å². The minimum Gasteiger partial charge on any atom is -0.465 e. The van der Waals surface area contributed by atoms with Crippen molar-refractivity contribution >= 4 is 5.97 Å². The molecule has 0 aliphatic carbocycles. The van der Waals surface area contributed by atoms with Crippen LogP contribution in [0.25, 0.3) is 0 Å². The summed E-state index contributed by atoms with van der Waals surface area (Å²) in [7, 11) is 0. The van der Waals surface area contributed by atoms with Crippen LogP contribution in [0.15, 0.2) is 0 Å². The second-order valence-electron chi connectivity index (χ2n) is 3.97. The molecule has 0 radical (unpaired) electrons. The van der Waals surface area contributed by atoms with Gasteiger partial charge in [0.2, 0.25) is 0 Å². The van der Waals surface area contributed by atoms with E-state index in [-0.39, 0.29) is 18.1 Å². The topological polar surface area (TPSA) is 47.6 Å². The van der Waals surface area contributed by atoms with E-state index >= 15 is 0 Å². The van der Waals surface area contributed by atoms with Crippen molar-refractivity contribution in [2.45, 2.75) is 52.7 Å². The van der Waals surface area contributed by atoms with E-state index in [9.17, 15) is 4.79 Å². The highest BCUT2D eigenvalue weighted by Crippen LogP contribution is 1.99. The second kappa shape index (κ2) is 9.60. The average molecular weight is 231 g/mol. The molecule has 0 bridgehead atoms. The summed E-state index contributed by atoms with van der Waals surface area (Å²) in [5, 5.41) is 3.16. The zero-order valence-corrected chi connectivity index (χ0v) is 10.9. The molecule has 0 amide bonds. The summed E-state index contributed by atoms with van der Waals surface area (Å²) in [5.74, 6) is -0.158. The summed E-state index contributed by atoms with van der Waals surface area (Å²) >= 11 is 0. The van der Waals surface area contributed by atoms with Gasteiger partial charge in [-0.05, 0) is 27.2 Å². The Morgan fingerprint density at radius 3 is 2.50 bits per heavy atom. The molecule has 1 unspecified atom stereocenters. The lowest BCUT2D eigenvalue weighted by atomic mass is 10.1. The molecular weight excluding hydrogens is 206 g/mol. The molecule has 96 valence electrons. The molecule has 4 heteroatoms. The third kappa shape index (κ3) is 7.65. The van der Waals surface area contributed by atoms with E-state index in [4.69, 9.17) is 9.47 Å². The Balaban J connectivity index is 3.80. The molecule has 0 aromatic carbocycles. The van der Waals surface area contributed by atoms with Crippen molar-refractivity contribution in [2.75, 3.05) is 19.8 Å². The van der Waals surface area contributed by atoms with Gasteiger partial charge in [0.1, 0.15) is 6.04 Å². The van der Waals surface area contributed by atoms with Gasteiger partial charge >= 0.3 is 5.97 Å². The van der Waals surface area contributed by atoms with Crippen molar-refractivity contribution < 1.29 is 14.3 Å². The van der Waals surface area contributed by atoms with Crippen LogP contribution in [0, 0.1) is 0 Å². The fraction of sp³-hybridized carbons (Fsp3) is 0.917. The van der Waals surface area contributed by atoms with Crippen LogP contribution >= 0.6 is 0 Å². The van der Waals surface area contributed by atoms with Crippen LogP contribution in [-0.2, 0) is 14.3 Å². The standard InChI is InChI=1S/C12H25NO3/c1-5-7-11(12(14)15-6-2)13-8-9-16-10(3)4/h10-11,13H,5-9H2,1-4H3. The Kier molecular flexibility index (Phi) is 9.24. The van der Waals surface area contributed by atoms with Gasteiger partial charge in [0, 0.05) is 6.54 Å². The fourth-order valence-corrected chi connectivity index (χ4v) is 1.36. The maximum atomic E-state index is 11.5. The highest BCUT2D eigenvalue weighted by Gasteiger charge is 2.17. The number of rotatable bonds is 9. The minimum absolute atomic E-state index is 0.158. The maximum absolute atomic E-state index is 11.5.